The molecule has 0 amide bonds. The maximum absolute atomic E-state index is 12.6. The van der Waals surface area contributed by atoms with Crippen LogP contribution in [0.3, 0.4) is 0 Å². The fourth-order valence-electron chi connectivity index (χ4n) is 5.85. The van der Waals surface area contributed by atoms with Crippen LogP contribution in [0, 0.1) is 23.2 Å². The highest BCUT2D eigenvalue weighted by Crippen LogP contribution is 2.56. The van der Waals surface area contributed by atoms with Crippen molar-refractivity contribution in [3.05, 3.63) is 36.3 Å². The summed E-state index contributed by atoms with van der Waals surface area (Å²) in [6, 6.07) is 4.44. The molecule has 27 heavy (non-hydrogen) atoms. The summed E-state index contributed by atoms with van der Waals surface area (Å²) in [5.74, 6) is 2.06. The number of ether oxygens (including phenoxy) is 1. The van der Waals surface area contributed by atoms with E-state index in [0.29, 0.717) is 17.9 Å². The Balaban J connectivity index is 1.34. The lowest BCUT2D eigenvalue weighted by molar-refractivity contribution is -0.690. The number of nitrogens with two attached hydrogens (primary N) is 1. The highest BCUT2D eigenvalue weighted by atomic mass is 16.6. The molecule has 0 spiro atoms. The summed E-state index contributed by atoms with van der Waals surface area (Å²) in [6.07, 6.45) is 9.62. The zero-order chi connectivity index (χ0) is 19.0. The molecule has 3 fully saturated rings. The maximum atomic E-state index is 12.6. The predicted molar refractivity (Wildman–Crippen MR) is 104 cm³/mol. The number of rotatable bonds is 6. The van der Waals surface area contributed by atoms with E-state index < -0.39 is 0 Å². The standard InChI is InChI=1S/C23H33NO3/c1-15-6-4-10-23(3)13-21-18(12-20(15)23)19(22(25)27-21)14-24-16(2)8-9-17-7-5-11-26-17/h5,7,11,16,18-21,24H,1,4,6,8-10,12-14H2,2-3H3/p+1/t16-,18-,19-,20+,21-,23+/m0/s1. The van der Waals surface area contributed by atoms with E-state index in [1.807, 2.05) is 12.1 Å². The summed E-state index contributed by atoms with van der Waals surface area (Å²) < 4.78 is 11.3. The third-order valence-corrected chi connectivity index (χ3v) is 7.54. The van der Waals surface area contributed by atoms with Gasteiger partial charge >= 0.3 is 5.97 Å². The smallest absolute Gasteiger partial charge is 0.315 e. The van der Waals surface area contributed by atoms with Crippen molar-refractivity contribution < 1.29 is 19.3 Å². The van der Waals surface area contributed by atoms with Crippen LogP contribution in [-0.2, 0) is 16.0 Å². The van der Waals surface area contributed by atoms with Gasteiger partial charge in [-0.3, -0.25) is 4.79 Å². The Kier molecular flexibility index (Phi) is 5.19. The second kappa shape index (κ2) is 7.46. The lowest BCUT2D eigenvalue weighted by Crippen LogP contribution is -2.91. The van der Waals surface area contributed by atoms with Crippen molar-refractivity contribution in [1.82, 2.24) is 0 Å². The number of hydrogen-bond acceptors (Lipinski definition) is 3. The fourth-order valence-corrected chi connectivity index (χ4v) is 5.85. The number of furan rings is 1. The Morgan fingerprint density at radius 1 is 1.44 bits per heavy atom. The molecule has 1 saturated heterocycles. The van der Waals surface area contributed by atoms with Gasteiger partial charge in [0, 0.05) is 18.8 Å². The van der Waals surface area contributed by atoms with Gasteiger partial charge in [-0.05, 0) is 62.5 Å². The molecule has 1 aromatic heterocycles. The van der Waals surface area contributed by atoms with E-state index in [0.717, 1.165) is 44.4 Å². The van der Waals surface area contributed by atoms with Gasteiger partial charge < -0.3 is 14.5 Å². The molecule has 0 unspecified atom stereocenters. The lowest BCUT2D eigenvalue weighted by atomic mass is 9.55. The molecule has 0 bridgehead atoms. The van der Waals surface area contributed by atoms with E-state index >= 15 is 0 Å². The molecule has 6 atom stereocenters. The van der Waals surface area contributed by atoms with E-state index in [4.69, 9.17) is 9.15 Å². The number of quaternary nitrogens is 1. The van der Waals surface area contributed by atoms with Crippen LogP contribution >= 0.6 is 0 Å². The number of carbonyl (C=O) groups excluding carboxylic acids is 1. The van der Waals surface area contributed by atoms with Gasteiger partial charge in [-0.2, -0.15) is 0 Å². The minimum Gasteiger partial charge on any atom is -0.469 e. The number of fused-ring (bicyclic) bond motifs is 2. The van der Waals surface area contributed by atoms with E-state index in [1.165, 1.54) is 18.4 Å². The number of aryl methyl sites for hydroxylation is 1. The first kappa shape index (κ1) is 18.8. The van der Waals surface area contributed by atoms with Crippen LogP contribution in [0.1, 0.15) is 58.1 Å². The van der Waals surface area contributed by atoms with Gasteiger partial charge in [0.1, 0.15) is 17.8 Å². The zero-order valence-corrected chi connectivity index (χ0v) is 16.8. The Morgan fingerprint density at radius 3 is 3.07 bits per heavy atom. The van der Waals surface area contributed by atoms with Crippen LogP contribution < -0.4 is 5.32 Å². The third kappa shape index (κ3) is 3.73. The fraction of sp³-hybridized carbons (Fsp3) is 0.696. The molecule has 0 radical (unpaired) electrons. The van der Waals surface area contributed by atoms with Crippen molar-refractivity contribution >= 4 is 5.97 Å². The van der Waals surface area contributed by atoms with Crippen molar-refractivity contribution in [3.63, 3.8) is 0 Å². The number of allylic oxidation sites excluding steroid dienone is 1. The SMILES string of the molecule is C=C1CCC[C@]2(C)C[C@@H]3OC(=O)[C@@H](C[NH2+][C@@H](C)CCc4ccco4)[C@@H]3C[C@H]12. The molecule has 4 nitrogen and oxygen atoms in total. The Hall–Kier alpha value is -1.55. The molecule has 4 heteroatoms. The molecule has 4 rings (SSSR count). The minimum atomic E-state index is 0.0346. The second-order valence-corrected chi connectivity index (χ2v) is 9.47. The predicted octanol–water partition coefficient (Wildman–Crippen LogP) is 3.48. The molecule has 1 aromatic rings. The second-order valence-electron chi connectivity index (χ2n) is 9.47. The first-order chi connectivity index (χ1) is 13.0. The molecule has 0 aromatic carbocycles. The highest BCUT2D eigenvalue weighted by Gasteiger charge is 2.55. The average Bonchev–Trinajstić information content (AvgIpc) is 3.23. The van der Waals surface area contributed by atoms with Crippen LogP contribution in [-0.4, -0.2) is 24.7 Å². The third-order valence-electron chi connectivity index (χ3n) is 7.54. The summed E-state index contributed by atoms with van der Waals surface area (Å²) >= 11 is 0. The van der Waals surface area contributed by atoms with Gasteiger partial charge in [-0.1, -0.05) is 19.1 Å². The molecular weight excluding hydrogens is 338 g/mol. The molecule has 2 saturated carbocycles. The monoisotopic (exact) mass is 372 g/mol. The number of esters is 1. The Labute approximate surface area is 162 Å². The van der Waals surface area contributed by atoms with Gasteiger partial charge in [0.25, 0.3) is 0 Å². The number of carbonyl (C=O) groups is 1. The zero-order valence-electron chi connectivity index (χ0n) is 16.8. The topological polar surface area (TPSA) is 56.0 Å². The highest BCUT2D eigenvalue weighted by molar-refractivity contribution is 5.75. The minimum absolute atomic E-state index is 0.0346. The molecule has 148 valence electrons. The maximum Gasteiger partial charge on any atom is 0.315 e. The molecule has 2 heterocycles. The quantitative estimate of drug-likeness (QED) is 0.614. The van der Waals surface area contributed by atoms with Crippen molar-refractivity contribution in [2.24, 2.45) is 23.2 Å². The summed E-state index contributed by atoms with van der Waals surface area (Å²) in [6.45, 7) is 9.85. The summed E-state index contributed by atoms with van der Waals surface area (Å²) in [5.41, 5.74) is 1.70. The summed E-state index contributed by atoms with van der Waals surface area (Å²) in [4.78, 5) is 12.6. The van der Waals surface area contributed by atoms with Gasteiger partial charge in [-0.15, -0.1) is 0 Å². The van der Waals surface area contributed by atoms with Crippen molar-refractivity contribution in [1.29, 1.82) is 0 Å². The summed E-state index contributed by atoms with van der Waals surface area (Å²) in [5, 5.41) is 2.33. The van der Waals surface area contributed by atoms with Crippen molar-refractivity contribution in [3.8, 4) is 0 Å². The Bertz CT molecular complexity index is 682. The first-order valence-electron chi connectivity index (χ1n) is 10.7. The normalized spacial score (nSPS) is 36.8. The molecule has 2 aliphatic carbocycles. The van der Waals surface area contributed by atoms with Gasteiger partial charge in [0.2, 0.25) is 0 Å². The van der Waals surface area contributed by atoms with Gasteiger partial charge in [-0.25, -0.2) is 0 Å². The average molecular weight is 373 g/mol. The summed E-state index contributed by atoms with van der Waals surface area (Å²) in [7, 11) is 0. The van der Waals surface area contributed by atoms with Crippen molar-refractivity contribution in [2.45, 2.75) is 70.9 Å². The lowest BCUT2D eigenvalue weighted by Gasteiger charge is -2.49. The Morgan fingerprint density at radius 2 is 2.30 bits per heavy atom. The van der Waals surface area contributed by atoms with E-state index in [1.54, 1.807) is 6.26 Å². The van der Waals surface area contributed by atoms with Crippen molar-refractivity contribution in [2.75, 3.05) is 6.54 Å². The van der Waals surface area contributed by atoms with Gasteiger partial charge in [0.05, 0.1) is 18.8 Å². The van der Waals surface area contributed by atoms with E-state index in [-0.39, 0.29) is 23.4 Å². The van der Waals surface area contributed by atoms with E-state index in [2.05, 4.69) is 25.7 Å². The van der Waals surface area contributed by atoms with Crippen LogP contribution in [0.15, 0.2) is 35.0 Å². The van der Waals surface area contributed by atoms with Crippen LogP contribution in [0.2, 0.25) is 0 Å². The van der Waals surface area contributed by atoms with Crippen LogP contribution in [0.25, 0.3) is 0 Å². The van der Waals surface area contributed by atoms with Crippen LogP contribution in [0.4, 0.5) is 0 Å². The van der Waals surface area contributed by atoms with Gasteiger partial charge in [0.15, 0.2) is 0 Å². The molecular formula is C23H34NO3+. The number of hydrogen-bond donors (Lipinski definition) is 1. The van der Waals surface area contributed by atoms with E-state index in [9.17, 15) is 4.79 Å². The largest absolute Gasteiger partial charge is 0.469 e. The molecule has 3 aliphatic rings. The molecule has 1 aliphatic heterocycles. The first-order valence-corrected chi connectivity index (χ1v) is 10.7. The van der Waals surface area contributed by atoms with Crippen LogP contribution in [0.5, 0.6) is 0 Å². The molecule has 2 N–H and O–H groups in total.